The van der Waals surface area contributed by atoms with Gasteiger partial charge in [-0.15, -0.1) is 0 Å². The van der Waals surface area contributed by atoms with Gasteiger partial charge in [-0.05, 0) is 12.8 Å². The van der Waals surface area contributed by atoms with Crippen LogP contribution < -0.4 is 0 Å². The van der Waals surface area contributed by atoms with Crippen LogP contribution in [0.4, 0.5) is 0 Å². The molecule has 1 rings (SSSR count). The molecule has 1 aliphatic rings. The first kappa shape index (κ1) is 3.65. The zero-order valence-corrected chi connectivity index (χ0v) is 3.42. The molecule has 1 radical (unpaired) electrons. The number of hydrogen-bond acceptors (Lipinski definition) is 2. The van der Waals surface area contributed by atoms with Crippen molar-refractivity contribution in [2.75, 3.05) is 0 Å². The van der Waals surface area contributed by atoms with Gasteiger partial charge in [0.1, 0.15) is 0 Å². The normalized spacial score (nSPS) is 20.0. The lowest BCUT2D eigenvalue weighted by molar-refractivity contribution is 0.198. The van der Waals surface area contributed by atoms with E-state index in [1.807, 2.05) is 0 Å². The molecule has 1 aliphatic heterocycles. The summed E-state index contributed by atoms with van der Waals surface area (Å²) in [4.78, 5) is 4.51. The van der Waals surface area contributed by atoms with Gasteiger partial charge in [-0.25, -0.2) is 0 Å². The van der Waals surface area contributed by atoms with E-state index < -0.39 is 0 Å². The molecule has 0 aliphatic carbocycles. The Morgan fingerprint density at radius 3 is 2.67 bits per heavy atom. The van der Waals surface area contributed by atoms with E-state index in [1.165, 1.54) is 0 Å². The van der Waals surface area contributed by atoms with E-state index in [1.54, 1.807) is 12.8 Å². The Morgan fingerprint density at radius 1 is 1.50 bits per heavy atom. The van der Waals surface area contributed by atoms with Crippen molar-refractivity contribution in [2.45, 2.75) is 12.8 Å². The second-order valence-electron chi connectivity index (χ2n) is 1.14. The van der Waals surface area contributed by atoms with E-state index in [2.05, 4.69) is 9.99 Å². The van der Waals surface area contributed by atoms with Gasteiger partial charge in [0, 0.05) is 6.21 Å². The highest BCUT2D eigenvalue weighted by molar-refractivity contribution is 5.56. The van der Waals surface area contributed by atoms with E-state index in [0.717, 1.165) is 12.8 Å². The highest BCUT2D eigenvalue weighted by atomic mass is 16.6. The Hall–Kier alpha value is -0.530. The molecular formula is C4H6NO. The molecule has 0 unspecified atom stereocenters. The van der Waals surface area contributed by atoms with Crippen LogP contribution in [0.15, 0.2) is 5.16 Å². The zero-order valence-electron chi connectivity index (χ0n) is 3.42. The molecule has 2 heteroatoms. The average molecular weight is 84.1 g/mol. The van der Waals surface area contributed by atoms with Gasteiger partial charge in [-0.3, -0.25) is 0 Å². The van der Waals surface area contributed by atoms with Gasteiger partial charge in [0.15, 0.2) is 6.61 Å². The molecule has 0 N–H and O–H groups in total. The smallest absolute Gasteiger partial charge is 0.167 e. The van der Waals surface area contributed by atoms with Gasteiger partial charge in [-0.1, -0.05) is 5.16 Å². The first-order valence-electron chi connectivity index (χ1n) is 1.99. The maximum absolute atomic E-state index is 4.51. The van der Waals surface area contributed by atoms with E-state index in [4.69, 9.17) is 0 Å². The highest BCUT2D eigenvalue weighted by Crippen LogP contribution is 1.98. The number of nitrogens with zero attached hydrogens (tertiary/aromatic N) is 1. The van der Waals surface area contributed by atoms with Crippen molar-refractivity contribution in [2.24, 2.45) is 5.16 Å². The third-order valence-corrected chi connectivity index (χ3v) is 0.624. The van der Waals surface area contributed by atoms with Crippen molar-refractivity contribution in [3.63, 3.8) is 0 Å². The molecule has 0 saturated carbocycles. The summed E-state index contributed by atoms with van der Waals surface area (Å²) in [6.07, 6.45) is 3.80. The van der Waals surface area contributed by atoms with Crippen LogP contribution in [-0.4, -0.2) is 6.21 Å². The molecule has 6 heavy (non-hydrogen) atoms. The van der Waals surface area contributed by atoms with E-state index in [9.17, 15) is 0 Å². The van der Waals surface area contributed by atoms with Crippen molar-refractivity contribution in [1.29, 1.82) is 0 Å². The summed E-state index contributed by atoms with van der Waals surface area (Å²) in [5.41, 5.74) is 0. The lowest BCUT2D eigenvalue weighted by Gasteiger charge is -1.98. The fraction of sp³-hybridized carbons (Fsp3) is 0.500. The van der Waals surface area contributed by atoms with Crippen LogP contribution in [0.1, 0.15) is 12.8 Å². The molecule has 0 aromatic rings. The molecule has 2 nitrogen and oxygen atoms in total. The first-order valence-corrected chi connectivity index (χ1v) is 1.99. The van der Waals surface area contributed by atoms with Gasteiger partial charge in [0.25, 0.3) is 0 Å². The van der Waals surface area contributed by atoms with Crippen LogP contribution >= 0.6 is 0 Å². The fourth-order valence-corrected chi connectivity index (χ4v) is 0.334. The standard InChI is InChI=1S/C4H6NO/c1-2-4-6-5-3-1/h3-4H,1-2H2. The van der Waals surface area contributed by atoms with E-state index in [-0.39, 0.29) is 0 Å². The largest absolute Gasteiger partial charge is 0.389 e. The Labute approximate surface area is 36.8 Å². The number of rotatable bonds is 0. The summed E-state index contributed by atoms with van der Waals surface area (Å²) in [6.45, 7) is 1.69. The molecule has 0 fully saturated rings. The SMILES string of the molecule is [CH]1CCC=NO1. The predicted octanol–water partition coefficient (Wildman–Crippen LogP) is 0.944. The van der Waals surface area contributed by atoms with Crippen molar-refractivity contribution in [3.8, 4) is 0 Å². The predicted molar refractivity (Wildman–Crippen MR) is 23.1 cm³/mol. The second-order valence-corrected chi connectivity index (χ2v) is 1.14. The van der Waals surface area contributed by atoms with Crippen molar-refractivity contribution < 1.29 is 4.84 Å². The second kappa shape index (κ2) is 1.80. The van der Waals surface area contributed by atoms with Gasteiger partial charge in [-0.2, -0.15) is 0 Å². The lowest BCUT2D eigenvalue weighted by atomic mass is 10.3. The molecule has 0 amide bonds. The Bertz CT molecular complexity index is 52.6. The fourth-order valence-electron chi connectivity index (χ4n) is 0.334. The van der Waals surface area contributed by atoms with Crippen LogP contribution in [0, 0.1) is 6.61 Å². The Balaban J connectivity index is 2.26. The minimum atomic E-state index is 1.00. The summed E-state index contributed by atoms with van der Waals surface area (Å²) in [5.74, 6) is 0. The van der Waals surface area contributed by atoms with E-state index >= 15 is 0 Å². The number of oxime groups is 1. The maximum Gasteiger partial charge on any atom is 0.167 e. The summed E-state index contributed by atoms with van der Waals surface area (Å²) in [5, 5.41) is 3.50. The molecule has 1 heterocycles. The third kappa shape index (κ3) is 0.708. The molecule has 0 atom stereocenters. The summed E-state index contributed by atoms with van der Waals surface area (Å²) in [7, 11) is 0. The van der Waals surface area contributed by atoms with Crippen LogP contribution in [-0.2, 0) is 4.84 Å². The average Bonchev–Trinajstić information content (AvgIpc) is 1.72. The van der Waals surface area contributed by atoms with Crippen LogP contribution in [0.2, 0.25) is 0 Å². The van der Waals surface area contributed by atoms with Gasteiger partial charge in [0.2, 0.25) is 0 Å². The Kier molecular flexibility index (Phi) is 1.10. The quantitative estimate of drug-likeness (QED) is 0.428. The first-order chi connectivity index (χ1) is 3.00. The van der Waals surface area contributed by atoms with Gasteiger partial charge < -0.3 is 4.84 Å². The molecule has 0 aromatic heterocycles. The van der Waals surface area contributed by atoms with Crippen LogP contribution in [0.5, 0.6) is 0 Å². The van der Waals surface area contributed by atoms with Gasteiger partial charge in [0.05, 0.1) is 0 Å². The molecule has 33 valence electrons. The Morgan fingerprint density at radius 2 is 2.50 bits per heavy atom. The van der Waals surface area contributed by atoms with Crippen molar-refractivity contribution >= 4 is 6.21 Å². The highest BCUT2D eigenvalue weighted by Gasteiger charge is 1.89. The van der Waals surface area contributed by atoms with E-state index in [0.29, 0.717) is 0 Å². The number of hydrogen-bond donors (Lipinski definition) is 0. The lowest BCUT2D eigenvalue weighted by Crippen LogP contribution is -1.88. The molecular weight excluding hydrogens is 78.0 g/mol. The third-order valence-electron chi connectivity index (χ3n) is 0.624. The molecule has 0 aromatic carbocycles. The molecule has 0 spiro atoms. The zero-order chi connectivity index (χ0) is 4.24. The van der Waals surface area contributed by atoms with Crippen molar-refractivity contribution in [1.82, 2.24) is 0 Å². The topological polar surface area (TPSA) is 21.6 Å². The monoisotopic (exact) mass is 84.0 g/mol. The van der Waals surface area contributed by atoms with Crippen LogP contribution in [0.3, 0.4) is 0 Å². The summed E-state index contributed by atoms with van der Waals surface area (Å²) >= 11 is 0. The van der Waals surface area contributed by atoms with Crippen LogP contribution in [0.25, 0.3) is 0 Å². The minimum absolute atomic E-state index is 1.00. The van der Waals surface area contributed by atoms with Crippen molar-refractivity contribution in [3.05, 3.63) is 6.61 Å². The minimum Gasteiger partial charge on any atom is -0.389 e. The van der Waals surface area contributed by atoms with Gasteiger partial charge >= 0.3 is 0 Å². The summed E-state index contributed by atoms with van der Waals surface area (Å²) in [6, 6.07) is 0. The summed E-state index contributed by atoms with van der Waals surface area (Å²) < 4.78 is 0. The molecule has 0 bridgehead atoms. The molecule has 0 saturated heterocycles. The maximum atomic E-state index is 4.51.